The average Bonchev–Trinajstić information content (AvgIpc) is 2.98. The largest absolute Gasteiger partial charge is 0.433 e. The van der Waals surface area contributed by atoms with Crippen molar-refractivity contribution in [3.05, 3.63) is 39.9 Å². The van der Waals surface area contributed by atoms with E-state index in [1.54, 1.807) is 11.7 Å². The van der Waals surface area contributed by atoms with Crippen molar-refractivity contribution in [1.82, 2.24) is 25.4 Å². The summed E-state index contributed by atoms with van der Waals surface area (Å²) >= 11 is 11.9. The fourth-order valence-corrected chi connectivity index (χ4v) is 2.68. The highest BCUT2D eigenvalue weighted by Gasteiger charge is 2.15. The van der Waals surface area contributed by atoms with E-state index in [1.807, 2.05) is 6.92 Å². The summed E-state index contributed by atoms with van der Waals surface area (Å²) in [5.74, 6) is 1.04. The Bertz CT molecular complexity index is 769. The van der Waals surface area contributed by atoms with Gasteiger partial charge in [0.05, 0.1) is 18.1 Å². The molecule has 1 heterocycles. The minimum atomic E-state index is -3.00. The number of hydrogen-bond donors (Lipinski definition) is 2. The molecule has 11 heteroatoms. The molecule has 0 saturated carbocycles. The first-order valence-electron chi connectivity index (χ1n) is 7.68. The second-order valence-electron chi connectivity index (χ2n) is 5.10. The molecule has 0 aliphatic rings. The molecule has 0 saturated heterocycles. The van der Waals surface area contributed by atoms with Crippen LogP contribution in [-0.2, 0) is 20.1 Å². The number of nitrogens with one attached hydrogen (secondary N) is 2. The molecule has 1 aromatic carbocycles. The van der Waals surface area contributed by atoms with E-state index in [9.17, 15) is 8.78 Å². The third-order valence-electron chi connectivity index (χ3n) is 3.26. The lowest BCUT2D eigenvalue weighted by Crippen LogP contribution is -2.37. The maximum Gasteiger partial charge on any atom is 0.387 e. The molecule has 0 bridgehead atoms. The zero-order valence-corrected chi connectivity index (χ0v) is 15.7. The molecular weight excluding hydrogens is 389 g/mol. The molecule has 2 aromatic rings. The van der Waals surface area contributed by atoms with Gasteiger partial charge in [-0.05, 0) is 19.1 Å². The number of hydrogen-bond acceptors (Lipinski definition) is 4. The van der Waals surface area contributed by atoms with E-state index in [4.69, 9.17) is 23.2 Å². The van der Waals surface area contributed by atoms with Crippen molar-refractivity contribution in [3.8, 4) is 5.75 Å². The number of benzene rings is 1. The van der Waals surface area contributed by atoms with Crippen LogP contribution in [0, 0.1) is 0 Å². The summed E-state index contributed by atoms with van der Waals surface area (Å²) in [6, 6.07) is 2.83. The van der Waals surface area contributed by atoms with Gasteiger partial charge < -0.3 is 15.4 Å². The molecule has 0 aliphatic carbocycles. The second kappa shape index (κ2) is 9.54. The Hall–Kier alpha value is -2.13. The average molecular weight is 407 g/mol. The first-order valence-corrected chi connectivity index (χ1v) is 8.44. The van der Waals surface area contributed by atoms with E-state index < -0.39 is 6.61 Å². The zero-order chi connectivity index (χ0) is 19.1. The summed E-state index contributed by atoms with van der Waals surface area (Å²) < 4.78 is 31.4. The van der Waals surface area contributed by atoms with Crippen molar-refractivity contribution in [2.45, 2.75) is 26.6 Å². The van der Waals surface area contributed by atoms with E-state index in [0.717, 1.165) is 0 Å². The molecule has 0 spiro atoms. The zero-order valence-electron chi connectivity index (χ0n) is 14.1. The third-order valence-corrected chi connectivity index (χ3v) is 3.76. The van der Waals surface area contributed by atoms with Crippen LogP contribution in [0.3, 0.4) is 0 Å². The summed E-state index contributed by atoms with van der Waals surface area (Å²) in [6.45, 7) is -0.0588. The third kappa shape index (κ3) is 5.70. The van der Waals surface area contributed by atoms with E-state index >= 15 is 0 Å². The van der Waals surface area contributed by atoms with Gasteiger partial charge in [-0.3, -0.25) is 4.68 Å². The first kappa shape index (κ1) is 20.2. The molecule has 7 nitrogen and oxygen atoms in total. The fraction of sp³-hybridized carbons (Fsp3) is 0.400. The first-order chi connectivity index (χ1) is 12.4. The molecule has 0 atom stereocenters. The van der Waals surface area contributed by atoms with Crippen molar-refractivity contribution in [2.24, 2.45) is 12.0 Å². The van der Waals surface area contributed by atoms with E-state index in [2.05, 4.69) is 30.4 Å². The Morgan fingerprint density at radius 3 is 2.73 bits per heavy atom. The molecule has 0 amide bonds. The SMILES string of the molecule is CCNC(=NCc1cc(Cl)cc(Cl)c1OC(F)F)NCc1ncnn1C. The van der Waals surface area contributed by atoms with Crippen LogP contribution in [0.5, 0.6) is 5.75 Å². The number of alkyl halides is 2. The summed E-state index contributed by atoms with van der Waals surface area (Å²) in [5.41, 5.74) is 0.346. The molecule has 0 radical (unpaired) electrons. The number of rotatable bonds is 7. The molecule has 1 aromatic heterocycles. The molecule has 0 aliphatic heterocycles. The Morgan fingerprint density at radius 2 is 2.12 bits per heavy atom. The smallest absolute Gasteiger partial charge is 0.387 e. The van der Waals surface area contributed by atoms with Crippen LogP contribution in [-0.4, -0.2) is 33.9 Å². The van der Waals surface area contributed by atoms with Gasteiger partial charge in [-0.1, -0.05) is 23.2 Å². The van der Waals surface area contributed by atoms with Crippen LogP contribution in [0.15, 0.2) is 23.5 Å². The number of nitrogens with zero attached hydrogens (tertiary/aromatic N) is 4. The fourth-order valence-electron chi connectivity index (χ4n) is 2.10. The molecule has 142 valence electrons. The minimum absolute atomic E-state index is 0.0000413. The number of aromatic nitrogens is 3. The Morgan fingerprint density at radius 1 is 1.35 bits per heavy atom. The van der Waals surface area contributed by atoms with Gasteiger partial charge in [-0.15, -0.1) is 0 Å². The van der Waals surface area contributed by atoms with Gasteiger partial charge in [0, 0.05) is 24.2 Å². The molecule has 26 heavy (non-hydrogen) atoms. The van der Waals surface area contributed by atoms with Crippen molar-refractivity contribution in [3.63, 3.8) is 0 Å². The quantitative estimate of drug-likeness (QED) is 0.545. The summed E-state index contributed by atoms with van der Waals surface area (Å²) in [4.78, 5) is 8.46. The van der Waals surface area contributed by atoms with Crippen LogP contribution >= 0.6 is 23.2 Å². The van der Waals surface area contributed by atoms with E-state index in [0.29, 0.717) is 35.5 Å². The maximum atomic E-state index is 12.6. The minimum Gasteiger partial charge on any atom is -0.433 e. The maximum absolute atomic E-state index is 12.6. The highest BCUT2D eigenvalue weighted by atomic mass is 35.5. The summed E-state index contributed by atoms with van der Waals surface area (Å²) in [6.07, 6.45) is 1.45. The van der Waals surface area contributed by atoms with Gasteiger partial charge in [0.1, 0.15) is 17.9 Å². The van der Waals surface area contributed by atoms with Crippen LogP contribution in [0.25, 0.3) is 0 Å². The van der Waals surface area contributed by atoms with Gasteiger partial charge >= 0.3 is 6.61 Å². The van der Waals surface area contributed by atoms with Crippen LogP contribution in [0.4, 0.5) is 8.78 Å². The van der Waals surface area contributed by atoms with Crippen LogP contribution in [0.2, 0.25) is 10.0 Å². The standard InChI is InChI=1S/C15H18Cl2F2N6O/c1-3-20-15(22-7-12-23-8-24-25(12)2)21-6-9-4-10(16)5-11(17)13(9)26-14(18)19/h4-5,8,14H,3,6-7H2,1-2H3,(H2,20,21,22). The number of aryl methyl sites for hydroxylation is 1. The van der Waals surface area contributed by atoms with Gasteiger partial charge in [-0.25, -0.2) is 9.98 Å². The summed E-state index contributed by atoms with van der Waals surface area (Å²) in [7, 11) is 1.77. The molecule has 2 N–H and O–H groups in total. The lowest BCUT2D eigenvalue weighted by Gasteiger charge is -2.14. The Labute approximate surface area is 159 Å². The van der Waals surface area contributed by atoms with Crippen LogP contribution in [0.1, 0.15) is 18.3 Å². The lowest BCUT2D eigenvalue weighted by molar-refractivity contribution is -0.0503. The Kier molecular flexibility index (Phi) is 7.40. The number of ether oxygens (including phenoxy) is 1. The predicted octanol–water partition coefficient (Wildman–Crippen LogP) is 2.98. The number of halogens is 4. The normalized spacial score (nSPS) is 11.7. The van der Waals surface area contributed by atoms with Crippen molar-refractivity contribution >= 4 is 29.2 Å². The summed E-state index contributed by atoms with van der Waals surface area (Å²) in [5, 5.41) is 10.4. The van der Waals surface area contributed by atoms with Gasteiger partial charge in [0.2, 0.25) is 0 Å². The molecule has 0 fully saturated rings. The molecule has 2 rings (SSSR count). The van der Waals surface area contributed by atoms with Crippen molar-refractivity contribution < 1.29 is 13.5 Å². The van der Waals surface area contributed by atoms with Crippen molar-refractivity contribution in [1.29, 1.82) is 0 Å². The molecule has 0 unspecified atom stereocenters. The van der Waals surface area contributed by atoms with Crippen LogP contribution < -0.4 is 15.4 Å². The second-order valence-corrected chi connectivity index (χ2v) is 5.95. The monoisotopic (exact) mass is 406 g/mol. The predicted molar refractivity (Wildman–Crippen MR) is 95.8 cm³/mol. The number of aliphatic imine (C=N–C) groups is 1. The highest BCUT2D eigenvalue weighted by molar-refractivity contribution is 6.35. The Balaban J connectivity index is 2.16. The lowest BCUT2D eigenvalue weighted by atomic mass is 10.2. The topological polar surface area (TPSA) is 76.4 Å². The van der Waals surface area contributed by atoms with Gasteiger partial charge in [0.25, 0.3) is 0 Å². The van der Waals surface area contributed by atoms with E-state index in [-0.39, 0.29) is 17.3 Å². The van der Waals surface area contributed by atoms with Gasteiger partial charge in [0.15, 0.2) is 5.96 Å². The van der Waals surface area contributed by atoms with Crippen molar-refractivity contribution in [2.75, 3.05) is 6.54 Å². The highest BCUT2D eigenvalue weighted by Crippen LogP contribution is 2.34. The van der Waals surface area contributed by atoms with Gasteiger partial charge in [-0.2, -0.15) is 13.9 Å². The molecular formula is C15H18Cl2F2N6O. The van der Waals surface area contributed by atoms with E-state index in [1.165, 1.54) is 18.5 Å². The number of guanidine groups is 1.